The van der Waals surface area contributed by atoms with Gasteiger partial charge in [-0.3, -0.25) is 0 Å². The van der Waals surface area contributed by atoms with Gasteiger partial charge in [-0.1, -0.05) is 13.3 Å². The van der Waals surface area contributed by atoms with E-state index < -0.39 is 0 Å². The molecule has 1 aliphatic heterocycles. The average molecular weight is 265 g/mol. The van der Waals surface area contributed by atoms with E-state index >= 15 is 0 Å². The van der Waals surface area contributed by atoms with Gasteiger partial charge in [0.2, 0.25) is 0 Å². The molecule has 2 heterocycles. The number of amides is 1. The van der Waals surface area contributed by atoms with Crippen molar-refractivity contribution >= 4 is 6.09 Å². The minimum Gasteiger partial charge on any atom is -0.449 e. The molecule has 2 rings (SSSR count). The minimum atomic E-state index is -0.144. The Hall–Kier alpha value is -1.52. The van der Waals surface area contributed by atoms with Crippen molar-refractivity contribution in [2.45, 2.75) is 39.2 Å². The van der Waals surface area contributed by atoms with Crippen LogP contribution >= 0.6 is 0 Å². The van der Waals surface area contributed by atoms with Crippen molar-refractivity contribution in [3.05, 3.63) is 18.7 Å². The maximum Gasteiger partial charge on any atom is 0.409 e. The van der Waals surface area contributed by atoms with Crippen molar-refractivity contribution in [1.82, 2.24) is 14.5 Å². The van der Waals surface area contributed by atoms with E-state index in [9.17, 15) is 4.79 Å². The highest BCUT2D eigenvalue weighted by Gasteiger charge is 2.23. The highest BCUT2D eigenvalue weighted by Crippen LogP contribution is 2.19. The normalized spacial score (nSPS) is 16.6. The molecule has 0 aromatic carbocycles. The van der Waals surface area contributed by atoms with Gasteiger partial charge in [0, 0.05) is 32.0 Å². The first-order valence-corrected chi connectivity index (χ1v) is 7.17. The lowest BCUT2D eigenvalue weighted by molar-refractivity contribution is 0.0850. The van der Waals surface area contributed by atoms with Crippen LogP contribution in [0.1, 0.15) is 32.6 Å². The Morgan fingerprint density at radius 1 is 1.42 bits per heavy atom. The van der Waals surface area contributed by atoms with Gasteiger partial charge in [-0.05, 0) is 25.2 Å². The van der Waals surface area contributed by atoms with E-state index in [4.69, 9.17) is 4.74 Å². The van der Waals surface area contributed by atoms with E-state index in [1.165, 1.54) is 0 Å². The fourth-order valence-electron chi connectivity index (χ4n) is 2.39. The van der Waals surface area contributed by atoms with E-state index in [-0.39, 0.29) is 6.09 Å². The van der Waals surface area contributed by atoms with Gasteiger partial charge < -0.3 is 14.2 Å². The largest absolute Gasteiger partial charge is 0.449 e. The molecule has 1 aliphatic rings. The zero-order chi connectivity index (χ0) is 13.5. The first-order valence-electron chi connectivity index (χ1n) is 7.17. The fourth-order valence-corrected chi connectivity index (χ4v) is 2.39. The molecule has 0 N–H and O–H groups in total. The number of carbonyl (C=O) groups excluding carboxylic acids is 1. The second-order valence-corrected chi connectivity index (χ2v) is 5.16. The van der Waals surface area contributed by atoms with Gasteiger partial charge in [-0.2, -0.15) is 0 Å². The van der Waals surface area contributed by atoms with Gasteiger partial charge in [0.15, 0.2) is 0 Å². The first kappa shape index (κ1) is 13.9. The quantitative estimate of drug-likeness (QED) is 0.769. The molecule has 1 aromatic rings. The summed E-state index contributed by atoms with van der Waals surface area (Å²) in [4.78, 5) is 17.7. The lowest BCUT2D eigenvalue weighted by atomic mass is 9.97. The monoisotopic (exact) mass is 265 g/mol. The Bertz CT molecular complexity index is 370. The highest BCUT2D eigenvalue weighted by molar-refractivity contribution is 5.67. The number of nitrogens with zero attached hydrogens (tertiary/aromatic N) is 3. The van der Waals surface area contributed by atoms with E-state index in [1.54, 1.807) is 6.20 Å². The van der Waals surface area contributed by atoms with Gasteiger partial charge in [-0.15, -0.1) is 0 Å². The molecule has 5 nitrogen and oxygen atoms in total. The summed E-state index contributed by atoms with van der Waals surface area (Å²) in [6.07, 6.45) is 9.59. The molecule has 0 unspecified atom stereocenters. The summed E-state index contributed by atoms with van der Waals surface area (Å²) >= 11 is 0. The molecule has 0 spiro atoms. The molecule has 106 valence electrons. The number of imidazole rings is 1. The van der Waals surface area contributed by atoms with Crippen molar-refractivity contribution in [3.8, 4) is 0 Å². The third-order valence-electron chi connectivity index (χ3n) is 3.62. The second-order valence-electron chi connectivity index (χ2n) is 5.16. The summed E-state index contributed by atoms with van der Waals surface area (Å²) in [5.41, 5.74) is 0. The van der Waals surface area contributed by atoms with Crippen LogP contribution in [-0.4, -0.2) is 40.2 Å². The second kappa shape index (κ2) is 7.16. The molecule has 1 fully saturated rings. The molecule has 0 aliphatic carbocycles. The number of likely N-dealkylation sites (tertiary alicyclic amines) is 1. The van der Waals surface area contributed by atoms with E-state index in [1.807, 2.05) is 17.4 Å². The van der Waals surface area contributed by atoms with Crippen LogP contribution in [-0.2, 0) is 11.3 Å². The van der Waals surface area contributed by atoms with Crippen molar-refractivity contribution in [3.63, 3.8) is 0 Å². The Morgan fingerprint density at radius 3 is 2.84 bits per heavy atom. The first-order chi connectivity index (χ1) is 9.29. The van der Waals surface area contributed by atoms with Gasteiger partial charge in [0.1, 0.15) is 0 Å². The molecule has 0 saturated carbocycles. The topological polar surface area (TPSA) is 47.4 Å². The third kappa shape index (κ3) is 4.26. The number of carbonyl (C=O) groups is 1. The van der Waals surface area contributed by atoms with Crippen LogP contribution in [0.5, 0.6) is 0 Å². The summed E-state index contributed by atoms with van der Waals surface area (Å²) in [6, 6.07) is 0. The van der Waals surface area contributed by atoms with Crippen molar-refractivity contribution in [2.75, 3.05) is 19.7 Å². The average Bonchev–Trinajstić information content (AvgIpc) is 2.93. The SMILES string of the molecule is CCCCOC(=O)N1CCC(Cn2ccnc2)CC1. The Labute approximate surface area is 114 Å². The highest BCUT2D eigenvalue weighted by atomic mass is 16.6. The molecule has 1 saturated heterocycles. The van der Waals surface area contributed by atoms with Crippen LogP contribution in [0, 0.1) is 5.92 Å². The molecule has 0 radical (unpaired) electrons. The molecule has 5 heteroatoms. The van der Waals surface area contributed by atoms with Crippen LogP contribution in [0.25, 0.3) is 0 Å². The van der Waals surface area contributed by atoms with Gasteiger partial charge in [0.25, 0.3) is 0 Å². The molecule has 1 amide bonds. The number of hydrogen-bond donors (Lipinski definition) is 0. The Morgan fingerprint density at radius 2 is 2.21 bits per heavy atom. The van der Waals surface area contributed by atoms with Crippen LogP contribution in [0.15, 0.2) is 18.7 Å². The number of rotatable bonds is 5. The summed E-state index contributed by atoms with van der Waals surface area (Å²) in [5.74, 6) is 0.633. The Kier molecular flexibility index (Phi) is 5.24. The summed E-state index contributed by atoms with van der Waals surface area (Å²) in [6.45, 7) is 5.26. The van der Waals surface area contributed by atoms with Crippen molar-refractivity contribution in [1.29, 1.82) is 0 Å². The summed E-state index contributed by atoms with van der Waals surface area (Å²) in [7, 11) is 0. The molecular weight excluding hydrogens is 242 g/mol. The van der Waals surface area contributed by atoms with Crippen LogP contribution in [0.2, 0.25) is 0 Å². The predicted molar refractivity (Wildman–Crippen MR) is 72.8 cm³/mol. The zero-order valence-electron chi connectivity index (χ0n) is 11.6. The maximum absolute atomic E-state index is 11.8. The lowest BCUT2D eigenvalue weighted by Gasteiger charge is -2.31. The fraction of sp³-hybridized carbons (Fsp3) is 0.714. The molecule has 0 atom stereocenters. The molecule has 19 heavy (non-hydrogen) atoms. The zero-order valence-corrected chi connectivity index (χ0v) is 11.6. The molecular formula is C14H23N3O2. The number of ether oxygens (including phenoxy) is 1. The molecule has 0 bridgehead atoms. The van der Waals surface area contributed by atoms with E-state index in [0.29, 0.717) is 12.5 Å². The summed E-state index contributed by atoms with van der Waals surface area (Å²) < 4.78 is 7.35. The number of aromatic nitrogens is 2. The smallest absolute Gasteiger partial charge is 0.409 e. The van der Waals surface area contributed by atoms with Crippen LogP contribution in [0.4, 0.5) is 4.79 Å². The van der Waals surface area contributed by atoms with E-state index in [0.717, 1.165) is 45.3 Å². The van der Waals surface area contributed by atoms with Crippen molar-refractivity contribution in [2.24, 2.45) is 5.92 Å². The standard InChI is InChI=1S/C14H23N3O2/c1-2-3-10-19-14(18)17-7-4-13(5-8-17)11-16-9-6-15-12-16/h6,9,12-13H,2-5,7-8,10-11H2,1H3. The van der Waals surface area contributed by atoms with Crippen LogP contribution in [0.3, 0.4) is 0 Å². The predicted octanol–water partition coefficient (Wildman–Crippen LogP) is 2.53. The molecule has 1 aromatic heterocycles. The van der Waals surface area contributed by atoms with Gasteiger partial charge in [0.05, 0.1) is 12.9 Å². The van der Waals surface area contributed by atoms with E-state index in [2.05, 4.69) is 16.5 Å². The van der Waals surface area contributed by atoms with Crippen molar-refractivity contribution < 1.29 is 9.53 Å². The number of piperidine rings is 1. The van der Waals surface area contributed by atoms with Gasteiger partial charge >= 0.3 is 6.09 Å². The number of unbranched alkanes of at least 4 members (excludes halogenated alkanes) is 1. The summed E-state index contributed by atoms with van der Waals surface area (Å²) in [5, 5.41) is 0. The maximum atomic E-state index is 11.8. The van der Waals surface area contributed by atoms with Gasteiger partial charge in [-0.25, -0.2) is 9.78 Å². The number of hydrogen-bond acceptors (Lipinski definition) is 3. The third-order valence-corrected chi connectivity index (χ3v) is 3.62. The van der Waals surface area contributed by atoms with Crippen LogP contribution < -0.4 is 0 Å². The lowest BCUT2D eigenvalue weighted by Crippen LogP contribution is -2.39. The Balaban J connectivity index is 1.68. The minimum absolute atomic E-state index is 0.144.